The van der Waals surface area contributed by atoms with Gasteiger partial charge in [-0.15, -0.1) is 0 Å². The van der Waals surface area contributed by atoms with Gasteiger partial charge in [0.25, 0.3) is 21.2 Å². The first-order valence-corrected chi connectivity index (χ1v) is 17.2. The Balaban J connectivity index is 1.38. The van der Waals surface area contributed by atoms with Crippen LogP contribution in [0.4, 0.5) is 0 Å². The Morgan fingerprint density at radius 2 is 1.24 bits per heavy atom. The zero-order chi connectivity index (χ0) is 33.8. The van der Waals surface area contributed by atoms with Crippen molar-refractivity contribution in [3.63, 3.8) is 0 Å². The third-order valence-corrected chi connectivity index (χ3v) is 7.80. The van der Waals surface area contributed by atoms with Crippen LogP contribution in [0.2, 0.25) is 0 Å². The topological polar surface area (TPSA) is 268 Å². The number of nitrogens with one attached hydrogen (secondary N) is 1. The summed E-state index contributed by atoms with van der Waals surface area (Å²) in [6, 6.07) is 0. The van der Waals surface area contributed by atoms with Crippen LogP contribution in [0.3, 0.4) is 0 Å². The van der Waals surface area contributed by atoms with Gasteiger partial charge in [-0.2, -0.15) is 0 Å². The molecule has 1 aliphatic heterocycles. The predicted molar refractivity (Wildman–Crippen MR) is 151 cm³/mol. The Bertz CT molecular complexity index is 1200. The molecule has 0 radical (unpaired) electrons. The van der Waals surface area contributed by atoms with Gasteiger partial charge >= 0.3 is 5.69 Å². The quantitative estimate of drug-likeness (QED) is 0.0633. The molecular formula is C24H42N2O18P2-2. The normalized spacial score (nSPS) is 20.9. The van der Waals surface area contributed by atoms with E-state index in [1.54, 1.807) is 0 Å². The first-order valence-electron chi connectivity index (χ1n) is 14.3. The molecule has 2 heterocycles. The van der Waals surface area contributed by atoms with Gasteiger partial charge in [0.15, 0.2) is 0 Å². The summed E-state index contributed by atoms with van der Waals surface area (Å²) in [5, 5.41) is 18.7. The number of aromatic nitrogens is 2. The average Bonchev–Trinajstić information content (AvgIpc) is 3.38. The number of phosphoric ester groups is 2. The van der Waals surface area contributed by atoms with Gasteiger partial charge in [0, 0.05) is 18.2 Å². The lowest BCUT2D eigenvalue weighted by Crippen LogP contribution is -2.33. The Hall–Kier alpha value is -1.42. The summed E-state index contributed by atoms with van der Waals surface area (Å²) in [6.45, 7) is 1.74. The van der Waals surface area contributed by atoms with E-state index in [1.807, 2.05) is 0 Å². The van der Waals surface area contributed by atoms with Crippen molar-refractivity contribution in [2.24, 2.45) is 0 Å². The number of aliphatic hydroxyl groups excluding tert-OH is 2. The molecule has 0 spiro atoms. The number of nitrogens with zero attached hydrogens (tertiary/aromatic N) is 1. The number of hydrogen-bond acceptors (Lipinski definition) is 18. The lowest BCUT2D eigenvalue weighted by Gasteiger charge is -2.25. The van der Waals surface area contributed by atoms with Crippen LogP contribution in [0, 0.1) is 6.92 Å². The second kappa shape index (κ2) is 22.3. The third kappa shape index (κ3) is 17.1. The molecule has 5 unspecified atom stereocenters. The van der Waals surface area contributed by atoms with Crippen LogP contribution >= 0.6 is 15.6 Å². The molecule has 1 aromatic rings. The van der Waals surface area contributed by atoms with E-state index in [4.69, 9.17) is 42.6 Å². The van der Waals surface area contributed by atoms with Gasteiger partial charge in [0.2, 0.25) is 0 Å². The number of rotatable bonds is 27. The van der Waals surface area contributed by atoms with Crippen LogP contribution in [0.25, 0.3) is 0 Å². The molecule has 3 N–H and O–H groups in total. The molecule has 20 nitrogen and oxygen atoms in total. The van der Waals surface area contributed by atoms with Crippen molar-refractivity contribution in [2.45, 2.75) is 31.8 Å². The zero-order valence-electron chi connectivity index (χ0n) is 25.4. The number of H-pyrrole nitrogens is 1. The smallest absolute Gasteiger partial charge is 0.330 e. The second-order valence-corrected chi connectivity index (χ2v) is 12.2. The first kappa shape index (κ1) is 40.8. The minimum Gasteiger partial charge on any atom is -0.756 e. The summed E-state index contributed by atoms with van der Waals surface area (Å²) in [6.07, 6.45) is -1.80. The second-order valence-electron chi connectivity index (χ2n) is 9.39. The van der Waals surface area contributed by atoms with Crippen molar-refractivity contribution in [3.05, 3.63) is 32.6 Å². The van der Waals surface area contributed by atoms with Crippen LogP contribution in [0.15, 0.2) is 15.8 Å². The summed E-state index contributed by atoms with van der Waals surface area (Å²) in [5.74, 6) is 0. The molecule has 1 fully saturated rings. The molecule has 1 aliphatic rings. The molecule has 0 aromatic carbocycles. The van der Waals surface area contributed by atoms with Crippen molar-refractivity contribution in [2.75, 3.05) is 99.1 Å². The monoisotopic (exact) mass is 708 g/mol. The van der Waals surface area contributed by atoms with E-state index < -0.39 is 58.5 Å². The summed E-state index contributed by atoms with van der Waals surface area (Å²) in [7, 11) is -9.15. The molecule has 2 rings (SSSR count). The maximum atomic E-state index is 12.0. The van der Waals surface area contributed by atoms with Crippen LogP contribution in [0.5, 0.6) is 0 Å². The highest BCUT2D eigenvalue weighted by molar-refractivity contribution is 7.46. The van der Waals surface area contributed by atoms with E-state index in [2.05, 4.69) is 14.0 Å². The van der Waals surface area contributed by atoms with Crippen LogP contribution < -0.4 is 21.0 Å². The van der Waals surface area contributed by atoms with Crippen LogP contribution in [-0.2, 0) is 55.6 Å². The first-order chi connectivity index (χ1) is 21.9. The fourth-order valence-electron chi connectivity index (χ4n) is 3.63. The van der Waals surface area contributed by atoms with Gasteiger partial charge in [-0.3, -0.25) is 23.5 Å². The van der Waals surface area contributed by atoms with Gasteiger partial charge in [-0.05, 0) is 6.92 Å². The maximum Gasteiger partial charge on any atom is 0.330 e. The Labute approximate surface area is 264 Å². The van der Waals surface area contributed by atoms with Crippen molar-refractivity contribution in [1.82, 2.24) is 9.55 Å². The highest BCUT2D eigenvalue weighted by Gasteiger charge is 2.36. The minimum absolute atomic E-state index is 0.0154. The molecular weight excluding hydrogens is 666 g/mol. The van der Waals surface area contributed by atoms with Crippen LogP contribution in [-0.4, -0.2) is 131 Å². The number of phosphoric acid groups is 2. The number of ether oxygens (including phenoxy) is 6. The SMILES string of the molecule is Cc1cn(C2CC(O)C(COP(=O)([O-])OCCOCCOCCOCCOCCOCCOP(=O)([O-])OCCO)O2)c(=O)[nH]c1=O. The molecule has 0 aliphatic carbocycles. The molecule has 0 amide bonds. The fourth-order valence-corrected chi connectivity index (χ4v) is 5.01. The maximum absolute atomic E-state index is 12.0. The largest absolute Gasteiger partial charge is 0.756 e. The zero-order valence-corrected chi connectivity index (χ0v) is 27.2. The molecule has 1 aromatic heterocycles. The summed E-state index contributed by atoms with van der Waals surface area (Å²) >= 11 is 0. The molecule has 46 heavy (non-hydrogen) atoms. The van der Waals surface area contributed by atoms with E-state index in [9.17, 15) is 33.6 Å². The van der Waals surface area contributed by atoms with E-state index in [0.29, 0.717) is 26.4 Å². The summed E-state index contributed by atoms with van der Waals surface area (Å²) < 4.78 is 74.7. The van der Waals surface area contributed by atoms with Crippen molar-refractivity contribution < 1.29 is 75.6 Å². The highest BCUT2D eigenvalue weighted by atomic mass is 31.2. The average molecular weight is 709 g/mol. The molecule has 268 valence electrons. The highest BCUT2D eigenvalue weighted by Crippen LogP contribution is 2.40. The molecule has 5 atom stereocenters. The summed E-state index contributed by atoms with van der Waals surface area (Å²) in [5.41, 5.74) is -0.998. The van der Waals surface area contributed by atoms with Gasteiger partial charge in [0.1, 0.15) is 12.3 Å². The Morgan fingerprint density at radius 1 is 0.804 bits per heavy atom. The Morgan fingerprint density at radius 3 is 1.72 bits per heavy atom. The van der Waals surface area contributed by atoms with Gasteiger partial charge in [0.05, 0.1) is 105 Å². The van der Waals surface area contributed by atoms with Crippen molar-refractivity contribution >= 4 is 15.6 Å². The molecule has 0 saturated carbocycles. The van der Waals surface area contributed by atoms with Crippen molar-refractivity contribution in [3.8, 4) is 0 Å². The van der Waals surface area contributed by atoms with E-state index in [0.717, 1.165) is 4.57 Å². The standard InChI is InChI=1S/C24H44N2O18P2/c1-19-17-26(24(30)25-23(19)29)22-16-20(28)21(44-22)18-43-46(33,34)42-15-13-39-11-9-37-7-5-35-4-6-36-8-10-38-12-14-41-45(31,32)40-3-2-27/h17,20-22,27-28H,2-16,18H2,1H3,(H,31,32)(H,33,34)(H,25,29,30)/p-2. The van der Waals surface area contributed by atoms with Gasteiger partial charge in [-0.1, -0.05) is 0 Å². The fraction of sp³-hybridized carbons (Fsp3) is 0.833. The molecule has 0 bridgehead atoms. The molecule has 1 saturated heterocycles. The van der Waals surface area contributed by atoms with E-state index in [-0.39, 0.29) is 71.4 Å². The van der Waals surface area contributed by atoms with E-state index in [1.165, 1.54) is 13.1 Å². The molecule has 22 heteroatoms. The van der Waals surface area contributed by atoms with Gasteiger partial charge in [-0.25, -0.2) is 4.79 Å². The number of aryl methyl sites for hydroxylation is 1. The lowest BCUT2D eigenvalue weighted by molar-refractivity contribution is -0.229. The van der Waals surface area contributed by atoms with Gasteiger partial charge < -0.3 is 66.5 Å². The van der Waals surface area contributed by atoms with E-state index >= 15 is 0 Å². The number of aromatic amines is 1. The number of hydrogen-bond donors (Lipinski definition) is 3. The third-order valence-electron chi connectivity index (χ3n) is 5.84. The Kier molecular flexibility index (Phi) is 19.7. The summed E-state index contributed by atoms with van der Waals surface area (Å²) in [4.78, 5) is 49.0. The predicted octanol–water partition coefficient (Wildman–Crippen LogP) is -2.43. The number of aliphatic hydroxyl groups is 2. The minimum atomic E-state index is -4.72. The van der Waals surface area contributed by atoms with Crippen LogP contribution in [0.1, 0.15) is 18.2 Å². The lowest BCUT2D eigenvalue weighted by atomic mass is 10.2. The van der Waals surface area contributed by atoms with Crippen molar-refractivity contribution in [1.29, 1.82) is 0 Å².